The van der Waals surface area contributed by atoms with Gasteiger partial charge in [0.15, 0.2) is 23.2 Å². The lowest BCUT2D eigenvalue weighted by atomic mass is 10.1. The number of aromatic nitrogens is 5. The fraction of sp³-hybridized carbons (Fsp3) is 0.154. The average molecular weight is 560 g/mol. The SMILES string of the molecule is COc1c(F)c(F)c(Cn2c3cc(=O)n(Cc4cccc(Cl)n4)c(C)c3c(=O)n2-c2ccccn2)c(F)c1F. The summed E-state index contributed by atoms with van der Waals surface area (Å²) in [6.45, 7) is 0.647. The summed E-state index contributed by atoms with van der Waals surface area (Å²) in [7, 11) is 0.866. The number of fused-ring (bicyclic) bond motifs is 1. The summed E-state index contributed by atoms with van der Waals surface area (Å²) in [4.78, 5) is 35.3. The second kappa shape index (κ2) is 10.0. The molecule has 1 aromatic carbocycles. The minimum absolute atomic E-state index is 0.0203. The molecule has 0 bridgehead atoms. The van der Waals surface area contributed by atoms with Crippen molar-refractivity contribution in [2.24, 2.45) is 0 Å². The fourth-order valence-electron chi connectivity index (χ4n) is 4.43. The van der Waals surface area contributed by atoms with Gasteiger partial charge in [-0.3, -0.25) is 14.3 Å². The number of methoxy groups -OCH3 is 1. The molecular weight excluding hydrogens is 542 g/mol. The van der Waals surface area contributed by atoms with E-state index in [0.717, 1.165) is 22.5 Å². The Hall–Kier alpha value is -4.45. The van der Waals surface area contributed by atoms with Crippen LogP contribution in [0.25, 0.3) is 16.7 Å². The number of pyridine rings is 3. The number of ether oxygens (including phenoxy) is 1. The standard InChI is InChI=1S/C26H18ClF4N5O3/c1-13-20-16(10-19(37)34(13)11-14-6-5-7-17(27)33-14)35(36(26(20)38)18-8-3-4-9-32-18)12-15-21(28)23(30)25(39-2)24(31)22(15)29/h3-10H,11-12H2,1-2H3. The van der Waals surface area contributed by atoms with Crippen molar-refractivity contribution in [1.82, 2.24) is 23.9 Å². The predicted molar refractivity (Wildman–Crippen MR) is 135 cm³/mol. The highest BCUT2D eigenvalue weighted by atomic mass is 35.5. The molecule has 8 nitrogen and oxygen atoms in total. The van der Waals surface area contributed by atoms with E-state index in [0.29, 0.717) is 5.69 Å². The van der Waals surface area contributed by atoms with Crippen LogP contribution in [0.4, 0.5) is 17.6 Å². The van der Waals surface area contributed by atoms with E-state index in [9.17, 15) is 27.2 Å². The molecule has 200 valence electrons. The Kier molecular flexibility index (Phi) is 6.73. The van der Waals surface area contributed by atoms with Gasteiger partial charge in [-0.2, -0.15) is 13.5 Å². The van der Waals surface area contributed by atoms with Crippen LogP contribution < -0.4 is 15.9 Å². The summed E-state index contributed by atoms with van der Waals surface area (Å²) in [6.07, 6.45) is 1.38. The van der Waals surface area contributed by atoms with Crippen molar-refractivity contribution in [2.75, 3.05) is 7.11 Å². The zero-order valence-electron chi connectivity index (χ0n) is 20.4. The van der Waals surface area contributed by atoms with Crippen LogP contribution in [0.2, 0.25) is 5.15 Å². The van der Waals surface area contributed by atoms with E-state index < -0.39 is 52.2 Å². The summed E-state index contributed by atoms with van der Waals surface area (Å²) in [5, 5.41) is 0.239. The van der Waals surface area contributed by atoms with Gasteiger partial charge in [-0.15, -0.1) is 0 Å². The van der Waals surface area contributed by atoms with E-state index in [1.54, 1.807) is 30.3 Å². The van der Waals surface area contributed by atoms with Crippen LogP contribution in [0, 0.1) is 30.2 Å². The molecule has 0 aliphatic heterocycles. The third-order valence-corrected chi connectivity index (χ3v) is 6.47. The molecule has 0 amide bonds. The number of nitrogens with zero attached hydrogens (tertiary/aromatic N) is 5. The number of aryl methyl sites for hydroxylation is 1. The van der Waals surface area contributed by atoms with Gasteiger partial charge in [0.05, 0.1) is 42.4 Å². The maximum absolute atomic E-state index is 15.0. The van der Waals surface area contributed by atoms with Crippen molar-refractivity contribution < 1.29 is 22.3 Å². The van der Waals surface area contributed by atoms with Gasteiger partial charge in [-0.1, -0.05) is 23.7 Å². The Morgan fingerprint density at radius 2 is 1.67 bits per heavy atom. The van der Waals surface area contributed by atoms with Gasteiger partial charge in [0.25, 0.3) is 11.1 Å². The number of rotatable bonds is 6. The second-order valence-corrected chi connectivity index (χ2v) is 8.88. The van der Waals surface area contributed by atoms with E-state index in [-0.39, 0.29) is 34.1 Å². The highest BCUT2D eigenvalue weighted by Crippen LogP contribution is 2.31. The highest BCUT2D eigenvalue weighted by molar-refractivity contribution is 6.29. The van der Waals surface area contributed by atoms with Gasteiger partial charge >= 0.3 is 0 Å². The normalized spacial score (nSPS) is 11.4. The van der Waals surface area contributed by atoms with Gasteiger partial charge in [-0.05, 0) is 31.2 Å². The number of hydrogen-bond acceptors (Lipinski definition) is 5. The van der Waals surface area contributed by atoms with E-state index >= 15 is 0 Å². The minimum atomic E-state index is -1.73. The van der Waals surface area contributed by atoms with Gasteiger partial charge < -0.3 is 9.30 Å². The molecule has 0 fully saturated rings. The van der Waals surface area contributed by atoms with Crippen molar-refractivity contribution in [3.05, 3.63) is 115 Å². The Bertz CT molecular complexity index is 1840. The molecule has 4 aromatic heterocycles. The molecule has 4 heterocycles. The quantitative estimate of drug-likeness (QED) is 0.175. The Balaban J connectivity index is 1.79. The van der Waals surface area contributed by atoms with Crippen molar-refractivity contribution in [3.63, 3.8) is 0 Å². The van der Waals surface area contributed by atoms with E-state index in [4.69, 9.17) is 11.6 Å². The van der Waals surface area contributed by atoms with Crippen LogP contribution in [0.5, 0.6) is 5.75 Å². The number of halogens is 5. The van der Waals surface area contributed by atoms with E-state index in [2.05, 4.69) is 14.7 Å². The Labute approximate surface area is 222 Å². The van der Waals surface area contributed by atoms with Gasteiger partial charge in [0, 0.05) is 18.0 Å². The lowest BCUT2D eigenvalue weighted by Gasteiger charge is -2.16. The molecule has 5 rings (SSSR count). The van der Waals surface area contributed by atoms with Crippen molar-refractivity contribution in [1.29, 1.82) is 0 Å². The van der Waals surface area contributed by atoms with Crippen molar-refractivity contribution >= 4 is 22.5 Å². The van der Waals surface area contributed by atoms with Crippen LogP contribution in [0.15, 0.2) is 58.3 Å². The average Bonchev–Trinajstić information content (AvgIpc) is 3.19. The molecule has 5 aromatic rings. The Morgan fingerprint density at radius 3 is 2.28 bits per heavy atom. The zero-order chi connectivity index (χ0) is 28.0. The van der Waals surface area contributed by atoms with Gasteiger partial charge in [-0.25, -0.2) is 18.7 Å². The molecule has 0 aliphatic rings. The third-order valence-electron chi connectivity index (χ3n) is 6.26. The fourth-order valence-corrected chi connectivity index (χ4v) is 4.61. The van der Waals surface area contributed by atoms with Crippen LogP contribution >= 0.6 is 11.6 Å². The lowest BCUT2D eigenvalue weighted by Crippen LogP contribution is -2.24. The molecule has 0 unspecified atom stereocenters. The molecule has 39 heavy (non-hydrogen) atoms. The molecule has 0 spiro atoms. The van der Waals surface area contributed by atoms with Gasteiger partial charge in [0.2, 0.25) is 11.6 Å². The maximum Gasteiger partial charge on any atom is 0.282 e. The Morgan fingerprint density at radius 1 is 0.949 bits per heavy atom. The van der Waals surface area contributed by atoms with E-state index in [1.165, 1.54) is 23.8 Å². The van der Waals surface area contributed by atoms with Crippen LogP contribution in [0.3, 0.4) is 0 Å². The summed E-state index contributed by atoms with van der Waals surface area (Å²) in [5.41, 5.74) is -1.62. The predicted octanol–water partition coefficient (Wildman–Crippen LogP) is 4.37. The van der Waals surface area contributed by atoms with E-state index in [1.807, 2.05) is 0 Å². The summed E-state index contributed by atoms with van der Waals surface area (Å²) in [5.74, 6) is -8.05. The summed E-state index contributed by atoms with van der Waals surface area (Å²) >= 11 is 5.96. The molecule has 0 saturated carbocycles. The molecule has 0 N–H and O–H groups in total. The molecular formula is C26H18ClF4N5O3. The molecule has 0 radical (unpaired) electrons. The highest BCUT2D eigenvalue weighted by Gasteiger charge is 2.29. The largest absolute Gasteiger partial charge is 0.491 e. The molecule has 0 saturated heterocycles. The van der Waals surface area contributed by atoms with Crippen molar-refractivity contribution in [3.8, 4) is 11.6 Å². The van der Waals surface area contributed by atoms with Crippen LogP contribution in [-0.2, 0) is 13.1 Å². The first-order valence-electron chi connectivity index (χ1n) is 11.4. The van der Waals surface area contributed by atoms with Crippen LogP contribution in [0.1, 0.15) is 17.0 Å². The molecule has 0 aliphatic carbocycles. The number of benzene rings is 1. The van der Waals surface area contributed by atoms with Gasteiger partial charge in [0.1, 0.15) is 5.15 Å². The first-order chi connectivity index (χ1) is 18.6. The first-order valence-corrected chi connectivity index (χ1v) is 11.8. The van der Waals surface area contributed by atoms with Crippen molar-refractivity contribution in [2.45, 2.75) is 20.0 Å². The second-order valence-electron chi connectivity index (χ2n) is 8.50. The minimum Gasteiger partial charge on any atom is -0.491 e. The third kappa shape index (κ3) is 4.36. The number of hydrogen-bond donors (Lipinski definition) is 0. The first kappa shape index (κ1) is 26.2. The smallest absolute Gasteiger partial charge is 0.282 e. The lowest BCUT2D eigenvalue weighted by molar-refractivity contribution is 0.327. The summed E-state index contributed by atoms with van der Waals surface area (Å²) in [6, 6.07) is 10.6. The maximum atomic E-state index is 15.0. The summed E-state index contributed by atoms with van der Waals surface area (Å²) < 4.78 is 66.7. The zero-order valence-corrected chi connectivity index (χ0v) is 21.1. The molecule has 13 heteroatoms. The molecule has 0 atom stereocenters. The van der Waals surface area contributed by atoms with Crippen LogP contribution in [-0.4, -0.2) is 31.0 Å². The topological polar surface area (TPSA) is 83.9 Å². The monoisotopic (exact) mass is 559 g/mol.